The lowest BCUT2D eigenvalue weighted by Crippen LogP contribution is -2.41. The number of aliphatic hydroxyl groups is 1. The van der Waals surface area contributed by atoms with E-state index >= 15 is 0 Å². The molecule has 1 atom stereocenters. The van der Waals surface area contributed by atoms with Gasteiger partial charge >= 0.3 is 0 Å². The van der Waals surface area contributed by atoms with Crippen LogP contribution in [0, 0.1) is 13.8 Å². The number of ether oxygens (including phenoxy) is 1. The van der Waals surface area contributed by atoms with E-state index in [1.165, 1.54) is 14.0 Å². The van der Waals surface area contributed by atoms with E-state index in [1.54, 1.807) is 13.8 Å². The van der Waals surface area contributed by atoms with Gasteiger partial charge in [0.25, 0.3) is 0 Å². The number of sulfonamides is 1. The van der Waals surface area contributed by atoms with Gasteiger partial charge in [0.1, 0.15) is 10.6 Å². The van der Waals surface area contributed by atoms with Crippen LogP contribution in [0.5, 0.6) is 0 Å². The standard InChI is InChI=1S/C11H20N2O5S/c1-8-10(9(2)18-13-8)19(15,16)12-7-11(3,14)5-6-17-4/h12,14H,5-7H2,1-4H3. The first-order valence-corrected chi connectivity index (χ1v) is 7.32. The van der Waals surface area contributed by atoms with E-state index in [9.17, 15) is 13.5 Å². The highest BCUT2D eigenvalue weighted by Gasteiger charge is 2.28. The van der Waals surface area contributed by atoms with Crippen LogP contribution in [0.4, 0.5) is 0 Å². The Hall–Kier alpha value is -0.960. The number of hydrogen-bond acceptors (Lipinski definition) is 6. The Balaban J connectivity index is 2.77. The molecule has 0 fully saturated rings. The lowest BCUT2D eigenvalue weighted by Gasteiger charge is -2.23. The summed E-state index contributed by atoms with van der Waals surface area (Å²) in [6.07, 6.45) is 0.327. The second kappa shape index (κ2) is 6.00. The number of nitrogens with zero attached hydrogens (tertiary/aromatic N) is 1. The van der Waals surface area contributed by atoms with E-state index < -0.39 is 15.6 Å². The van der Waals surface area contributed by atoms with Gasteiger partial charge in [-0.2, -0.15) is 0 Å². The SMILES string of the molecule is COCCC(C)(O)CNS(=O)(=O)c1c(C)noc1C. The van der Waals surface area contributed by atoms with Crippen molar-refractivity contribution in [3.63, 3.8) is 0 Å². The molecule has 0 bridgehead atoms. The van der Waals surface area contributed by atoms with Crippen molar-refractivity contribution in [1.82, 2.24) is 9.88 Å². The molecule has 0 saturated heterocycles. The normalized spacial score (nSPS) is 15.4. The van der Waals surface area contributed by atoms with Crippen molar-refractivity contribution < 1.29 is 22.8 Å². The average Bonchev–Trinajstić information content (AvgIpc) is 2.65. The van der Waals surface area contributed by atoms with Crippen LogP contribution in [0.2, 0.25) is 0 Å². The van der Waals surface area contributed by atoms with E-state index in [-0.39, 0.29) is 17.2 Å². The van der Waals surface area contributed by atoms with E-state index in [1.807, 2.05) is 0 Å². The zero-order valence-electron chi connectivity index (χ0n) is 11.6. The van der Waals surface area contributed by atoms with Crippen LogP contribution in [0.1, 0.15) is 24.8 Å². The van der Waals surface area contributed by atoms with Crippen LogP contribution in [-0.4, -0.2) is 44.5 Å². The van der Waals surface area contributed by atoms with Crippen molar-refractivity contribution in [3.05, 3.63) is 11.5 Å². The monoisotopic (exact) mass is 292 g/mol. The number of hydrogen-bond donors (Lipinski definition) is 2. The number of rotatable bonds is 7. The molecule has 7 nitrogen and oxygen atoms in total. The highest BCUT2D eigenvalue weighted by atomic mass is 32.2. The average molecular weight is 292 g/mol. The molecule has 0 aliphatic heterocycles. The van der Waals surface area contributed by atoms with Crippen LogP contribution >= 0.6 is 0 Å². The third-order valence-corrected chi connectivity index (χ3v) is 4.37. The zero-order chi connectivity index (χ0) is 14.7. The molecule has 1 aromatic rings. The Bertz CT molecular complexity index is 502. The molecule has 1 aromatic heterocycles. The lowest BCUT2D eigenvalue weighted by atomic mass is 10.0. The van der Waals surface area contributed by atoms with E-state index in [0.29, 0.717) is 18.7 Å². The van der Waals surface area contributed by atoms with Gasteiger partial charge < -0.3 is 14.4 Å². The molecule has 19 heavy (non-hydrogen) atoms. The molecule has 0 aromatic carbocycles. The second-order valence-electron chi connectivity index (χ2n) is 4.72. The summed E-state index contributed by atoms with van der Waals surface area (Å²) in [6.45, 7) is 4.86. The Morgan fingerprint density at radius 3 is 2.58 bits per heavy atom. The Labute approximate surface area is 113 Å². The summed E-state index contributed by atoms with van der Waals surface area (Å²) in [5.74, 6) is 0.224. The third-order valence-electron chi connectivity index (χ3n) is 2.72. The van der Waals surface area contributed by atoms with Crippen LogP contribution in [0.25, 0.3) is 0 Å². The number of aromatic nitrogens is 1. The van der Waals surface area contributed by atoms with Crippen LogP contribution in [0.3, 0.4) is 0 Å². The van der Waals surface area contributed by atoms with Crippen molar-refractivity contribution in [2.75, 3.05) is 20.3 Å². The van der Waals surface area contributed by atoms with Crippen molar-refractivity contribution >= 4 is 10.0 Å². The summed E-state index contributed by atoms with van der Waals surface area (Å²) in [5, 5.41) is 13.6. The van der Waals surface area contributed by atoms with Gasteiger partial charge in [0, 0.05) is 26.7 Å². The van der Waals surface area contributed by atoms with Crippen molar-refractivity contribution in [1.29, 1.82) is 0 Å². The summed E-state index contributed by atoms with van der Waals surface area (Å²) in [4.78, 5) is 0.0232. The Morgan fingerprint density at radius 1 is 1.47 bits per heavy atom. The minimum atomic E-state index is -3.74. The van der Waals surface area contributed by atoms with E-state index in [0.717, 1.165) is 0 Å². The molecular weight excluding hydrogens is 272 g/mol. The summed E-state index contributed by atoms with van der Waals surface area (Å²) in [7, 11) is -2.23. The van der Waals surface area contributed by atoms with Gasteiger partial charge in [0.15, 0.2) is 5.76 Å². The van der Waals surface area contributed by atoms with Gasteiger partial charge in [-0.1, -0.05) is 5.16 Å². The van der Waals surface area contributed by atoms with Gasteiger partial charge in [-0.15, -0.1) is 0 Å². The molecule has 0 radical (unpaired) electrons. The molecule has 0 saturated carbocycles. The molecule has 8 heteroatoms. The summed E-state index contributed by atoms with van der Waals surface area (Å²) in [5.41, 5.74) is -0.885. The number of methoxy groups -OCH3 is 1. The van der Waals surface area contributed by atoms with Crippen molar-refractivity contribution in [3.8, 4) is 0 Å². The molecule has 110 valence electrons. The number of nitrogens with one attached hydrogen (secondary N) is 1. The predicted octanol–water partition coefficient (Wildman–Crippen LogP) is 0.357. The highest BCUT2D eigenvalue weighted by Crippen LogP contribution is 2.19. The van der Waals surface area contributed by atoms with Crippen LogP contribution in [-0.2, 0) is 14.8 Å². The van der Waals surface area contributed by atoms with Crippen LogP contribution < -0.4 is 4.72 Å². The molecule has 1 unspecified atom stereocenters. The molecule has 1 rings (SSSR count). The zero-order valence-corrected chi connectivity index (χ0v) is 12.4. The molecule has 0 amide bonds. The minimum absolute atomic E-state index is 0.0232. The third kappa shape index (κ3) is 4.27. The summed E-state index contributed by atoms with van der Waals surface area (Å²) in [6, 6.07) is 0. The highest BCUT2D eigenvalue weighted by molar-refractivity contribution is 7.89. The van der Waals surface area contributed by atoms with Crippen molar-refractivity contribution in [2.24, 2.45) is 0 Å². The van der Waals surface area contributed by atoms with Gasteiger partial charge in [-0.3, -0.25) is 0 Å². The molecular formula is C11H20N2O5S. The number of aryl methyl sites for hydroxylation is 2. The van der Waals surface area contributed by atoms with Crippen LogP contribution in [0.15, 0.2) is 9.42 Å². The first kappa shape index (κ1) is 16.1. The quantitative estimate of drug-likeness (QED) is 0.752. The maximum Gasteiger partial charge on any atom is 0.246 e. The van der Waals surface area contributed by atoms with Gasteiger partial charge in [0.2, 0.25) is 10.0 Å². The summed E-state index contributed by atoms with van der Waals surface area (Å²) >= 11 is 0. The molecule has 0 spiro atoms. The van der Waals surface area contributed by atoms with Gasteiger partial charge in [-0.05, 0) is 20.8 Å². The summed E-state index contributed by atoms with van der Waals surface area (Å²) < 4.78 is 36.2. The first-order valence-electron chi connectivity index (χ1n) is 5.83. The largest absolute Gasteiger partial charge is 0.389 e. The molecule has 0 aliphatic carbocycles. The fraction of sp³-hybridized carbons (Fsp3) is 0.727. The maximum atomic E-state index is 12.1. The Morgan fingerprint density at radius 2 is 2.11 bits per heavy atom. The van der Waals surface area contributed by atoms with Gasteiger partial charge in [-0.25, -0.2) is 13.1 Å². The fourth-order valence-electron chi connectivity index (χ4n) is 1.59. The smallest absolute Gasteiger partial charge is 0.246 e. The molecule has 2 N–H and O–H groups in total. The first-order chi connectivity index (χ1) is 8.69. The minimum Gasteiger partial charge on any atom is -0.389 e. The maximum absolute atomic E-state index is 12.1. The van der Waals surface area contributed by atoms with Gasteiger partial charge in [0.05, 0.1) is 5.60 Å². The molecule has 1 heterocycles. The fourth-order valence-corrected chi connectivity index (χ4v) is 3.08. The predicted molar refractivity (Wildman–Crippen MR) is 68.3 cm³/mol. The molecule has 0 aliphatic rings. The lowest BCUT2D eigenvalue weighted by molar-refractivity contribution is 0.0292. The van der Waals surface area contributed by atoms with E-state index in [4.69, 9.17) is 9.26 Å². The second-order valence-corrected chi connectivity index (χ2v) is 6.42. The Kier molecular flexibility index (Phi) is 5.08. The van der Waals surface area contributed by atoms with E-state index in [2.05, 4.69) is 9.88 Å². The topological polar surface area (TPSA) is 102 Å². The van der Waals surface area contributed by atoms with Crippen molar-refractivity contribution in [2.45, 2.75) is 37.7 Å².